The monoisotopic (exact) mass is 601 g/mol. The van der Waals surface area contributed by atoms with E-state index in [1.165, 1.54) is 0 Å². The minimum absolute atomic E-state index is 0.00710. The summed E-state index contributed by atoms with van der Waals surface area (Å²) in [4.78, 5) is 27.5. The predicted molar refractivity (Wildman–Crippen MR) is 153 cm³/mol. The van der Waals surface area contributed by atoms with Crippen LogP contribution in [0.25, 0.3) is 0 Å². The van der Waals surface area contributed by atoms with Crippen molar-refractivity contribution < 1.29 is 26.3 Å². The number of benzene rings is 3. The van der Waals surface area contributed by atoms with Gasteiger partial charge in [0, 0.05) is 30.9 Å². The number of anilines is 3. The number of rotatable bonds is 9. The zero-order chi connectivity index (χ0) is 30.8. The van der Waals surface area contributed by atoms with Crippen molar-refractivity contribution in [1.82, 2.24) is 4.90 Å². The van der Waals surface area contributed by atoms with Gasteiger partial charge in [0.25, 0.3) is 10.9 Å². The summed E-state index contributed by atoms with van der Waals surface area (Å²) in [5.41, 5.74) is -3.82. The molecule has 4 aromatic rings. The maximum absolute atomic E-state index is 13.4. The van der Waals surface area contributed by atoms with Crippen LogP contribution >= 0.6 is 0 Å². The van der Waals surface area contributed by atoms with Gasteiger partial charge in [0.1, 0.15) is 11.4 Å². The van der Waals surface area contributed by atoms with Gasteiger partial charge in [-0.15, -0.1) is 0 Å². The highest BCUT2D eigenvalue weighted by Crippen LogP contribution is 2.39. The van der Waals surface area contributed by atoms with E-state index in [0.717, 1.165) is 30.4 Å². The number of hydrogen-bond donors (Lipinski definition) is 2. The zero-order valence-corrected chi connectivity index (χ0v) is 22.9. The third-order valence-electron chi connectivity index (χ3n) is 7.75. The zero-order valence-electron chi connectivity index (χ0n) is 22.9. The fourth-order valence-electron chi connectivity index (χ4n) is 5.65. The average molecular weight is 602 g/mol. The third kappa shape index (κ3) is 7.10. The van der Waals surface area contributed by atoms with E-state index in [9.17, 15) is 35.9 Å². The van der Waals surface area contributed by atoms with Crippen molar-refractivity contribution in [2.75, 3.05) is 10.6 Å². The van der Waals surface area contributed by atoms with Crippen LogP contribution in [-0.2, 0) is 25.4 Å². The molecule has 43 heavy (non-hydrogen) atoms. The lowest BCUT2D eigenvalue weighted by Crippen LogP contribution is -2.50. The lowest BCUT2D eigenvalue weighted by molar-refractivity contribution is -0.143. The molecule has 0 spiro atoms. The topological polar surface area (TPSA) is 61.4 Å². The molecule has 226 valence electrons. The molecular weight excluding hydrogens is 572 g/mol. The van der Waals surface area contributed by atoms with Gasteiger partial charge in [-0.3, -0.25) is 14.5 Å². The molecule has 0 bridgehead atoms. The van der Waals surface area contributed by atoms with E-state index in [4.69, 9.17) is 0 Å². The van der Waals surface area contributed by atoms with E-state index >= 15 is 0 Å². The third-order valence-corrected chi connectivity index (χ3v) is 7.75. The van der Waals surface area contributed by atoms with Crippen molar-refractivity contribution in [3.63, 3.8) is 0 Å². The molecule has 1 saturated carbocycles. The van der Waals surface area contributed by atoms with E-state index in [1.807, 2.05) is 60.7 Å². The number of hydrogen-bond acceptors (Lipinski definition) is 5. The number of alkyl halides is 6. The molecule has 0 unspecified atom stereocenters. The first kappa shape index (κ1) is 30.3. The van der Waals surface area contributed by atoms with Crippen LogP contribution in [0.15, 0.2) is 88.5 Å². The molecule has 5 rings (SSSR count). The summed E-state index contributed by atoms with van der Waals surface area (Å²) >= 11 is 0. The highest BCUT2D eigenvalue weighted by atomic mass is 19.4. The second-order valence-electron chi connectivity index (χ2n) is 10.8. The Bertz CT molecular complexity index is 1540. The van der Waals surface area contributed by atoms with Gasteiger partial charge in [0.05, 0.1) is 11.1 Å². The van der Waals surface area contributed by atoms with Crippen LogP contribution in [0.3, 0.4) is 0 Å². The Morgan fingerprint density at radius 1 is 0.674 bits per heavy atom. The van der Waals surface area contributed by atoms with E-state index in [2.05, 4.69) is 15.5 Å². The van der Waals surface area contributed by atoms with Crippen LogP contribution in [0.2, 0.25) is 0 Å². The van der Waals surface area contributed by atoms with Gasteiger partial charge in [-0.2, -0.15) is 26.3 Å². The second kappa shape index (κ2) is 12.2. The lowest BCUT2D eigenvalue weighted by atomic mass is 9.88. The molecule has 5 nitrogen and oxygen atoms in total. The Morgan fingerprint density at radius 2 is 1.16 bits per heavy atom. The summed E-state index contributed by atoms with van der Waals surface area (Å²) in [7, 11) is 0. The fraction of sp³-hybridized carbons (Fsp3) is 0.312. The van der Waals surface area contributed by atoms with Gasteiger partial charge >= 0.3 is 12.4 Å². The molecule has 0 heterocycles. The molecule has 0 aliphatic heterocycles. The molecule has 1 fully saturated rings. The maximum atomic E-state index is 13.4. The SMILES string of the molecule is O=c1c(Nc2cc(C(F)(F)F)cc(C(F)(F)F)c2)c(N[C@H]2CCCC[C@@H]2N(Cc2ccccc2)Cc2ccccc2)c1=O. The minimum Gasteiger partial charge on any atom is -0.376 e. The Labute approximate surface area is 243 Å². The quantitative estimate of drug-likeness (QED) is 0.154. The normalized spacial score (nSPS) is 17.7. The highest BCUT2D eigenvalue weighted by Gasteiger charge is 2.38. The molecule has 4 aromatic carbocycles. The molecule has 1 aliphatic rings. The predicted octanol–water partition coefficient (Wildman–Crippen LogP) is 7.49. The van der Waals surface area contributed by atoms with Crippen LogP contribution in [0.1, 0.15) is 47.9 Å². The number of nitrogens with zero attached hydrogens (tertiary/aromatic N) is 1. The number of nitrogens with one attached hydrogen (secondary N) is 2. The van der Waals surface area contributed by atoms with Crippen molar-refractivity contribution in [3.05, 3.63) is 122 Å². The molecule has 1 aliphatic carbocycles. The minimum atomic E-state index is -5.05. The Morgan fingerprint density at radius 3 is 1.67 bits per heavy atom. The van der Waals surface area contributed by atoms with Crippen molar-refractivity contribution in [3.8, 4) is 0 Å². The van der Waals surface area contributed by atoms with E-state index < -0.39 is 40.0 Å². The van der Waals surface area contributed by atoms with Crippen molar-refractivity contribution in [1.29, 1.82) is 0 Å². The summed E-state index contributed by atoms with van der Waals surface area (Å²) < 4.78 is 80.3. The molecule has 11 heteroatoms. The molecule has 2 atom stereocenters. The first-order valence-electron chi connectivity index (χ1n) is 13.9. The van der Waals surface area contributed by atoms with Gasteiger partial charge in [-0.1, -0.05) is 73.5 Å². The maximum Gasteiger partial charge on any atom is 0.416 e. The Hall–Kier alpha value is -4.12. The fourth-order valence-corrected chi connectivity index (χ4v) is 5.65. The van der Waals surface area contributed by atoms with E-state index in [0.29, 0.717) is 31.6 Å². The van der Waals surface area contributed by atoms with Crippen molar-refractivity contribution in [2.24, 2.45) is 0 Å². The van der Waals surface area contributed by atoms with Gasteiger partial charge in [0.15, 0.2) is 0 Å². The van der Waals surface area contributed by atoms with Gasteiger partial charge in [0.2, 0.25) is 0 Å². The molecule has 2 N–H and O–H groups in total. The highest BCUT2D eigenvalue weighted by molar-refractivity contribution is 5.79. The molecule has 0 radical (unpaired) electrons. The van der Waals surface area contributed by atoms with Crippen molar-refractivity contribution in [2.45, 2.75) is 63.2 Å². The van der Waals surface area contributed by atoms with Gasteiger partial charge in [-0.05, 0) is 42.2 Å². The summed E-state index contributed by atoms with van der Waals surface area (Å²) in [6, 6.07) is 20.4. The average Bonchev–Trinajstić information content (AvgIpc) is 2.98. The molecule has 0 aromatic heterocycles. The summed E-state index contributed by atoms with van der Waals surface area (Å²) in [5, 5.41) is 5.54. The Kier molecular flexibility index (Phi) is 8.64. The van der Waals surface area contributed by atoms with Crippen molar-refractivity contribution >= 4 is 17.1 Å². The summed E-state index contributed by atoms with van der Waals surface area (Å²) in [5.74, 6) is 0. The first-order chi connectivity index (χ1) is 20.4. The molecular formula is C32H29F6N3O2. The second-order valence-corrected chi connectivity index (χ2v) is 10.8. The standard InChI is InChI=1S/C32H29F6N3O2/c33-31(34,35)22-15-23(32(36,37)38)17-24(16-22)39-27-28(30(43)29(27)42)40-25-13-7-8-14-26(25)41(18-20-9-3-1-4-10-20)19-21-11-5-2-6-12-21/h1-6,9-12,15-17,25-26,39-40H,7-8,13-14,18-19H2/t25-,26-/m0/s1. The largest absolute Gasteiger partial charge is 0.416 e. The van der Waals surface area contributed by atoms with Crippen LogP contribution in [-0.4, -0.2) is 17.0 Å². The van der Waals surface area contributed by atoms with Crippen LogP contribution in [0, 0.1) is 0 Å². The summed E-state index contributed by atoms with van der Waals surface area (Å²) in [6.07, 6.45) is -6.88. The number of halogens is 6. The van der Waals surface area contributed by atoms with E-state index in [1.54, 1.807) is 0 Å². The summed E-state index contributed by atoms with van der Waals surface area (Å²) in [6.45, 7) is 1.22. The first-order valence-corrected chi connectivity index (χ1v) is 13.9. The molecule has 0 saturated heterocycles. The van der Waals surface area contributed by atoms with Crippen LogP contribution in [0.5, 0.6) is 0 Å². The van der Waals surface area contributed by atoms with E-state index in [-0.39, 0.29) is 29.5 Å². The molecule has 0 amide bonds. The van der Waals surface area contributed by atoms with Crippen LogP contribution in [0.4, 0.5) is 43.4 Å². The van der Waals surface area contributed by atoms with Gasteiger partial charge < -0.3 is 10.6 Å². The smallest absolute Gasteiger partial charge is 0.376 e. The Balaban J connectivity index is 1.43. The lowest BCUT2D eigenvalue weighted by Gasteiger charge is -2.41. The van der Waals surface area contributed by atoms with Gasteiger partial charge in [-0.25, -0.2) is 0 Å². The van der Waals surface area contributed by atoms with Crippen LogP contribution < -0.4 is 21.5 Å².